The van der Waals surface area contributed by atoms with Crippen molar-refractivity contribution in [2.45, 2.75) is 32.2 Å². The fraction of sp³-hybridized carbons (Fsp3) is 0.684. The average molecular weight is 319 g/mol. The number of ether oxygens (including phenoxy) is 1. The van der Waals surface area contributed by atoms with Crippen molar-refractivity contribution in [3.63, 3.8) is 0 Å². The topological polar surface area (TPSA) is 41.7 Å². The molecule has 0 radical (unpaired) electrons. The predicted octanol–water partition coefficient (Wildman–Crippen LogP) is 2.75. The van der Waals surface area contributed by atoms with Crippen molar-refractivity contribution >= 4 is 0 Å². The van der Waals surface area contributed by atoms with E-state index in [1.54, 1.807) is 0 Å². The van der Waals surface area contributed by atoms with Gasteiger partial charge in [0.2, 0.25) is 0 Å². The SMILES string of the molecule is CC1CCCN(C(CN)c2ccc(OCCCN(C)C)cc2)C1. The van der Waals surface area contributed by atoms with Crippen molar-refractivity contribution in [2.24, 2.45) is 11.7 Å². The number of benzene rings is 1. The molecule has 2 atom stereocenters. The zero-order chi connectivity index (χ0) is 16.7. The average Bonchev–Trinajstić information content (AvgIpc) is 2.53. The zero-order valence-electron chi connectivity index (χ0n) is 15.0. The van der Waals surface area contributed by atoms with Crippen LogP contribution in [0.15, 0.2) is 24.3 Å². The van der Waals surface area contributed by atoms with Crippen molar-refractivity contribution < 1.29 is 4.74 Å². The van der Waals surface area contributed by atoms with Crippen LogP contribution >= 0.6 is 0 Å². The normalized spacial score (nSPS) is 20.7. The first-order valence-electron chi connectivity index (χ1n) is 8.91. The smallest absolute Gasteiger partial charge is 0.119 e. The van der Waals surface area contributed by atoms with Crippen LogP contribution in [-0.4, -0.2) is 56.7 Å². The van der Waals surface area contributed by atoms with Crippen molar-refractivity contribution in [2.75, 3.05) is 46.9 Å². The molecule has 130 valence electrons. The summed E-state index contributed by atoms with van der Waals surface area (Å²) < 4.78 is 5.82. The lowest BCUT2D eigenvalue weighted by Gasteiger charge is -2.37. The summed E-state index contributed by atoms with van der Waals surface area (Å²) in [6.07, 6.45) is 3.67. The Morgan fingerprint density at radius 3 is 2.65 bits per heavy atom. The fourth-order valence-corrected chi connectivity index (χ4v) is 3.36. The lowest BCUT2D eigenvalue weighted by Crippen LogP contribution is -2.40. The Balaban J connectivity index is 1.89. The minimum atomic E-state index is 0.334. The quantitative estimate of drug-likeness (QED) is 0.748. The molecule has 4 heteroatoms. The summed E-state index contributed by atoms with van der Waals surface area (Å²) in [5.41, 5.74) is 7.38. The molecule has 4 nitrogen and oxygen atoms in total. The van der Waals surface area contributed by atoms with Crippen molar-refractivity contribution in [1.82, 2.24) is 9.80 Å². The number of hydrogen-bond acceptors (Lipinski definition) is 4. The second-order valence-electron chi connectivity index (χ2n) is 7.07. The van der Waals surface area contributed by atoms with E-state index in [0.29, 0.717) is 12.6 Å². The lowest BCUT2D eigenvalue weighted by molar-refractivity contribution is 0.133. The van der Waals surface area contributed by atoms with Gasteiger partial charge in [0, 0.05) is 25.7 Å². The van der Waals surface area contributed by atoms with Crippen LogP contribution in [0.4, 0.5) is 0 Å². The van der Waals surface area contributed by atoms with Gasteiger partial charge in [-0.25, -0.2) is 0 Å². The number of piperidine rings is 1. The van der Waals surface area contributed by atoms with E-state index in [1.165, 1.54) is 18.4 Å². The minimum Gasteiger partial charge on any atom is -0.494 e. The van der Waals surface area contributed by atoms with Gasteiger partial charge >= 0.3 is 0 Å². The molecule has 2 N–H and O–H groups in total. The van der Waals surface area contributed by atoms with Gasteiger partial charge in [0.05, 0.1) is 6.61 Å². The minimum absolute atomic E-state index is 0.334. The van der Waals surface area contributed by atoms with Crippen molar-refractivity contribution in [1.29, 1.82) is 0 Å². The van der Waals surface area contributed by atoms with Gasteiger partial charge < -0.3 is 15.4 Å². The molecule has 0 aromatic heterocycles. The fourth-order valence-electron chi connectivity index (χ4n) is 3.36. The van der Waals surface area contributed by atoms with E-state index in [4.69, 9.17) is 10.5 Å². The Bertz CT molecular complexity index is 446. The molecular weight excluding hydrogens is 286 g/mol. The highest BCUT2D eigenvalue weighted by Gasteiger charge is 2.24. The molecule has 2 rings (SSSR count). The van der Waals surface area contributed by atoms with Crippen molar-refractivity contribution in [3.05, 3.63) is 29.8 Å². The molecule has 2 unspecified atom stereocenters. The van der Waals surface area contributed by atoms with Crippen LogP contribution < -0.4 is 10.5 Å². The Morgan fingerprint density at radius 2 is 2.04 bits per heavy atom. The Kier molecular flexibility index (Phi) is 7.34. The van der Waals surface area contributed by atoms with Gasteiger partial charge in [0.25, 0.3) is 0 Å². The van der Waals surface area contributed by atoms with E-state index in [1.807, 2.05) is 0 Å². The molecule has 1 aliphatic rings. The van der Waals surface area contributed by atoms with Crippen molar-refractivity contribution in [3.8, 4) is 5.75 Å². The van der Waals surface area contributed by atoms with Crippen LogP contribution in [0.2, 0.25) is 0 Å². The molecule has 0 aliphatic carbocycles. The second kappa shape index (κ2) is 9.26. The zero-order valence-corrected chi connectivity index (χ0v) is 15.0. The maximum atomic E-state index is 6.07. The van der Waals surface area contributed by atoms with Crippen LogP contribution in [0.25, 0.3) is 0 Å². The summed E-state index contributed by atoms with van der Waals surface area (Å²) in [4.78, 5) is 4.72. The second-order valence-corrected chi connectivity index (χ2v) is 7.07. The summed E-state index contributed by atoms with van der Waals surface area (Å²) in [6, 6.07) is 8.86. The van der Waals surface area contributed by atoms with Crippen LogP contribution in [-0.2, 0) is 0 Å². The monoisotopic (exact) mass is 319 g/mol. The van der Waals surface area contributed by atoms with Crippen LogP contribution in [0.3, 0.4) is 0 Å². The van der Waals surface area contributed by atoms with Crippen LogP contribution in [0.5, 0.6) is 5.75 Å². The third-order valence-electron chi connectivity index (χ3n) is 4.64. The summed E-state index contributed by atoms with van der Waals surface area (Å²) in [5.74, 6) is 1.73. The maximum Gasteiger partial charge on any atom is 0.119 e. The number of nitrogens with two attached hydrogens (primary N) is 1. The molecule has 1 aromatic rings. The van der Waals surface area contributed by atoms with E-state index in [9.17, 15) is 0 Å². The number of likely N-dealkylation sites (tertiary alicyclic amines) is 1. The molecule has 0 spiro atoms. The van der Waals surface area contributed by atoms with Gasteiger partial charge in [0.15, 0.2) is 0 Å². The molecule has 1 aromatic carbocycles. The Morgan fingerprint density at radius 1 is 1.30 bits per heavy atom. The Hall–Kier alpha value is -1.10. The van der Waals surface area contributed by atoms with Crippen LogP contribution in [0.1, 0.15) is 37.8 Å². The molecule has 0 amide bonds. The van der Waals surface area contributed by atoms with E-state index in [2.05, 4.69) is 55.1 Å². The van der Waals surface area contributed by atoms with Crippen LogP contribution in [0, 0.1) is 5.92 Å². The van der Waals surface area contributed by atoms with E-state index in [0.717, 1.165) is 44.3 Å². The molecule has 0 bridgehead atoms. The highest BCUT2D eigenvalue weighted by Crippen LogP contribution is 2.27. The van der Waals surface area contributed by atoms with E-state index in [-0.39, 0.29) is 0 Å². The molecule has 0 saturated carbocycles. The highest BCUT2D eigenvalue weighted by atomic mass is 16.5. The largest absolute Gasteiger partial charge is 0.494 e. The highest BCUT2D eigenvalue weighted by molar-refractivity contribution is 5.29. The lowest BCUT2D eigenvalue weighted by atomic mass is 9.96. The number of nitrogens with zero attached hydrogens (tertiary/aromatic N) is 2. The molecule has 1 aliphatic heterocycles. The molecule has 23 heavy (non-hydrogen) atoms. The summed E-state index contributed by atoms with van der Waals surface area (Å²) >= 11 is 0. The summed E-state index contributed by atoms with van der Waals surface area (Å²) in [5, 5.41) is 0. The van der Waals surface area contributed by atoms with Gasteiger partial charge in [-0.15, -0.1) is 0 Å². The maximum absolute atomic E-state index is 6.07. The number of rotatable bonds is 8. The van der Waals surface area contributed by atoms with Gasteiger partial charge in [-0.1, -0.05) is 19.1 Å². The molecule has 1 fully saturated rings. The Labute approximate surface area is 141 Å². The van der Waals surface area contributed by atoms with Gasteiger partial charge in [0.1, 0.15) is 5.75 Å². The van der Waals surface area contributed by atoms with Gasteiger partial charge in [-0.05, 0) is 63.5 Å². The third-order valence-corrected chi connectivity index (χ3v) is 4.64. The summed E-state index contributed by atoms with van der Waals surface area (Å²) in [6.45, 7) is 7.15. The first kappa shape index (κ1) is 18.2. The van der Waals surface area contributed by atoms with Gasteiger partial charge in [-0.2, -0.15) is 0 Å². The molecule has 1 saturated heterocycles. The standard InChI is InChI=1S/C19H33N3O/c1-16-6-4-12-22(15-16)19(14-20)17-7-9-18(10-8-17)23-13-5-11-21(2)3/h7-10,16,19H,4-6,11-15,20H2,1-3H3. The first-order valence-corrected chi connectivity index (χ1v) is 8.91. The molecular formula is C19H33N3O. The van der Waals surface area contributed by atoms with Gasteiger partial charge in [-0.3, -0.25) is 4.90 Å². The summed E-state index contributed by atoms with van der Waals surface area (Å²) in [7, 11) is 4.17. The first-order chi connectivity index (χ1) is 11.1. The number of hydrogen-bond donors (Lipinski definition) is 1. The predicted molar refractivity (Wildman–Crippen MR) is 96.9 cm³/mol. The van der Waals surface area contributed by atoms with E-state index >= 15 is 0 Å². The molecule has 1 heterocycles. The third kappa shape index (κ3) is 5.79. The van der Waals surface area contributed by atoms with E-state index < -0.39 is 0 Å².